The third kappa shape index (κ3) is 4.26. The van der Waals surface area contributed by atoms with Gasteiger partial charge in [-0.3, -0.25) is 4.90 Å². The monoisotopic (exact) mass is 393 g/mol. The highest BCUT2D eigenvalue weighted by Crippen LogP contribution is 2.21. The largest absolute Gasteiger partial charge is 0.369 e. The van der Waals surface area contributed by atoms with Gasteiger partial charge in [0, 0.05) is 55.2 Å². The average molecular weight is 394 g/mol. The summed E-state index contributed by atoms with van der Waals surface area (Å²) in [5.41, 5.74) is 3.43. The smallest absolute Gasteiger partial charge is 0.153 e. The summed E-state index contributed by atoms with van der Waals surface area (Å²) < 4.78 is 1.88. The molecule has 0 spiro atoms. The summed E-state index contributed by atoms with van der Waals surface area (Å²) in [6.07, 6.45) is 8.07. The molecule has 5 nitrogen and oxygen atoms in total. The molecule has 0 amide bonds. The van der Waals surface area contributed by atoms with Gasteiger partial charge in [0.25, 0.3) is 0 Å². The molecule has 0 radical (unpaired) electrons. The van der Waals surface area contributed by atoms with Gasteiger partial charge in [-0.15, -0.1) is 0 Å². The van der Waals surface area contributed by atoms with Crippen LogP contribution in [0.5, 0.6) is 0 Å². The van der Waals surface area contributed by atoms with Crippen LogP contribution in [0.15, 0.2) is 60.9 Å². The molecule has 28 heavy (non-hydrogen) atoms. The first-order valence-electron chi connectivity index (χ1n) is 9.56. The highest BCUT2D eigenvalue weighted by atomic mass is 35.5. The predicted octanol–water partition coefficient (Wildman–Crippen LogP) is 4.06. The van der Waals surface area contributed by atoms with Crippen LogP contribution in [-0.2, 0) is 0 Å². The lowest BCUT2D eigenvalue weighted by atomic mass is 10.2. The number of hydrogen-bond donors (Lipinski definition) is 0. The van der Waals surface area contributed by atoms with Crippen molar-refractivity contribution in [3.05, 3.63) is 77.2 Å². The average Bonchev–Trinajstić information content (AvgIpc) is 3.10. The molecular formula is C22H24ClN5. The summed E-state index contributed by atoms with van der Waals surface area (Å²) in [7, 11) is 0. The highest BCUT2D eigenvalue weighted by molar-refractivity contribution is 6.30. The van der Waals surface area contributed by atoms with Crippen LogP contribution >= 0.6 is 11.6 Å². The molecular weight excluding hydrogens is 370 g/mol. The second-order valence-corrected chi connectivity index (χ2v) is 7.39. The van der Waals surface area contributed by atoms with Crippen LogP contribution in [-0.4, -0.2) is 52.4 Å². The molecule has 1 aliphatic heterocycles. The number of nitrogens with zero attached hydrogens (tertiary/aromatic N) is 5. The van der Waals surface area contributed by atoms with Crippen molar-refractivity contribution in [2.75, 3.05) is 37.6 Å². The van der Waals surface area contributed by atoms with Crippen molar-refractivity contribution in [3.63, 3.8) is 0 Å². The van der Waals surface area contributed by atoms with Crippen LogP contribution in [0.1, 0.15) is 11.3 Å². The van der Waals surface area contributed by atoms with Crippen LogP contribution in [0, 0.1) is 6.92 Å². The van der Waals surface area contributed by atoms with Crippen molar-refractivity contribution in [2.45, 2.75) is 6.92 Å². The first-order chi connectivity index (χ1) is 13.7. The normalized spacial score (nSPS) is 15.4. The van der Waals surface area contributed by atoms with Gasteiger partial charge in [-0.25, -0.2) is 9.67 Å². The van der Waals surface area contributed by atoms with Gasteiger partial charge in [-0.1, -0.05) is 35.9 Å². The number of anilines is 1. The molecule has 4 rings (SSSR count). The Balaban J connectivity index is 1.32. The van der Waals surface area contributed by atoms with E-state index in [0.29, 0.717) is 0 Å². The summed E-state index contributed by atoms with van der Waals surface area (Å²) in [5.74, 6) is 0.844. The summed E-state index contributed by atoms with van der Waals surface area (Å²) in [6, 6.07) is 14.0. The first-order valence-corrected chi connectivity index (χ1v) is 9.94. The van der Waals surface area contributed by atoms with E-state index in [9.17, 15) is 0 Å². The Morgan fingerprint density at radius 2 is 1.93 bits per heavy atom. The molecule has 2 aromatic heterocycles. The Hall–Kier alpha value is -2.63. The number of pyridine rings is 1. The zero-order valence-corrected chi connectivity index (χ0v) is 16.8. The Morgan fingerprint density at radius 3 is 2.68 bits per heavy atom. The lowest BCUT2D eigenvalue weighted by Crippen LogP contribution is -2.46. The molecule has 0 aliphatic carbocycles. The number of aromatic nitrogens is 3. The van der Waals surface area contributed by atoms with Crippen LogP contribution in [0.25, 0.3) is 11.9 Å². The van der Waals surface area contributed by atoms with Crippen LogP contribution in [0.3, 0.4) is 0 Å². The molecule has 0 unspecified atom stereocenters. The van der Waals surface area contributed by atoms with Crippen LogP contribution in [0.4, 0.5) is 5.69 Å². The lowest BCUT2D eigenvalue weighted by molar-refractivity contribution is 0.284. The SMILES string of the molecule is Cc1c(C=CCN2CCN(c3cccc(Cl)c3)CC2)cnn1-c1ccccn1. The molecule has 0 bridgehead atoms. The van der Waals surface area contributed by atoms with Crippen molar-refractivity contribution in [1.29, 1.82) is 0 Å². The van der Waals surface area contributed by atoms with Crippen molar-refractivity contribution < 1.29 is 0 Å². The van der Waals surface area contributed by atoms with E-state index in [0.717, 1.165) is 54.8 Å². The third-order valence-electron chi connectivity index (χ3n) is 5.12. The minimum Gasteiger partial charge on any atom is -0.369 e. The van der Waals surface area contributed by atoms with Gasteiger partial charge in [0.1, 0.15) is 0 Å². The summed E-state index contributed by atoms with van der Waals surface area (Å²) >= 11 is 6.12. The summed E-state index contributed by atoms with van der Waals surface area (Å²) in [4.78, 5) is 9.23. The van der Waals surface area contributed by atoms with E-state index < -0.39 is 0 Å². The van der Waals surface area contributed by atoms with E-state index in [-0.39, 0.29) is 0 Å². The lowest BCUT2D eigenvalue weighted by Gasteiger charge is -2.35. The number of rotatable bonds is 5. The Kier molecular flexibility index (Phi) is 5.74. The van der Waals surface area contributed by atoms with E-state index in [1.807, 2.05) is 47.3 Å². The number of hydrogen-bond acceptors (Lipinski definition) is 4. The quantitative estimate of drug-likeness (QED) is 0.655. The number of piperazine rings is 1. The maximum atomic E-state index is 6.12. The molecule has 144 valence electrons. The maximum Gasteiger partial charge on any atom is 0.153 e. The van der Waals surface area contributed by atoms with Crippen LogP contribution in [0.2, 0.25) is 5.02 Å². The Morgan fingerprint density at radius 1 is 1.07 bits per heavy atom. The fourth-order valence-corrected chi connectivity index (χ4v) is 3.67. The van der Waals surface area contributed by atoms with E-state index in [1.54, 1.807) is 6.20 Å². The van der Waals surface area contributed by atoms with Crippen molar-refractivity contribution in [2.24, 2.45) is 0 Å². The molecule has 0 atom stereocenters. The third-order valence-corrected chi connectivity index (χ3v) is 5.36. The van der Waals surface area contributed by atoms with Crippen LogP contribution < -0.4 is 4.90 Å². The first kappa shape index (κ1) is 18.7. The summed E-state index contributed by atoms with van der Waals surface area (Å²) in [5, 5.41) is 5.27. The van der Waals surface area contributed by atoms with Gasteiger partial charge in [0.15, 0.2) is 5.82 Å². The molecule has 3 aromatic rings. The van der Waals surface area contributed by atoms with Crippen molar-refractivity contribution >= 4 is 23.4 Å². The highest BCUT2D eigenvalue weighted by Gasteiger charge is 2.16. The minimum absolute atomic E-state index is 0.796. The molecule has 1 saturated heterocycles. The van der Waals surface area contributed by atoms with E-state index in [2.05, 4.69) is 45.0 Å². The van der Waals surface area contributed by atoms with E-state index in [1.165, 1.54) is 5.69 Å². The number of benzene rings is 1. The van der Waals surface area contributed by atoms with E-state index in [4.69, 9.17) is 11.6 Å². The Labute approximate surface area is 170 Å². The molecule has 6 heteroatoms. The molecule has 1 fully saturated rings. The minimum atomic E-state index is 0.796. The molecule has 0 saturated carbocycles. The van der Waals surface area contributed by atoms with Gasteiger partial charge >= 0.3 is 0 Å². The topological polar surface area (TPSA) is 37.2 Å². The molecule has 1 aliphatic rings. The van der Waals surface area contributed by atoms with Gasteiger partial charge in [-0.05, 0) is 37.3 Å². The molecule has 1 aromatic carbocycles. The zero-order valence-electron chi connectivity index (χ0n) is 16.0. The van der Waals surface area contributed by atoms with Gasteiger partial charge in [0.05, 0.1) is 11.9 Å². The van der Waals surface area contributed by atoms with Crippen molar-refractivity contribution in [1.82, 2.24) is 19.7 Å². The fraction of sp³-hybridized carbons (Fsp3) is 0.273. The van der Waals surface area contributed by atoms with Gasteiger partial charge in [-0.2, -0.15) is 5.10 Å². The maximum absolute atomic E-state index is 6.12. The fourth-order valence-electron chi connectivity index (χ4n) is 3.49. The summed E-state index contributed by atoms with van der Waals surface area (Å²) in [6.45, 7) is 7.14. The van der Waals surface area contributed by atoms with Gasteiger partial charge in [0.2, 0.25) is 0 Å². The van der Waals surface area contributed by atoms with E-state index >= 15 is 0 Å². The standard InChI is InChI=1S/C22H24ClN5/c1-18-19(17-25-28(18)22-9-2-3-10-24-22)6-5-11-26-12-14-27(15-13-26)21-8-4-7-20(23)16-21/h2-10,16-17H,11-15H2,1H3. The second-order valence-electron chi connectivity index (χ2n) is 6.95. The number of halogens is 1. The van der Waals surface area contributed by atoms with Crippen molar-refractivity contribution in [3.8, 4) is 5.82 Å². The molecule has 3 heterocycles. The van der Waals surface area contributed by atoms with Gasteiger partial charge < -0.3 is 4.90 Å². The second kappa shape index (κ2) is 8.59. The molecule has 0 N–H and O–H groups in total. The predicted molar refractivity (Wildman–Crippen MR) is 115 cm³/mol. The zero-order chi connectivity index (χ0) is 19.3. The Bertz CT molecular complexity index is 943.